The normalized spacial score (nSPS) is 23.1. The van der Waals surface area contributed by atoms with E-state index in [0.29, 0.717) is 41.0 Å². The van der Waals surface area contributed by atoms with E-state index in [4.69, 9.17) is 4.74 Å². The minimum absolute atomic E-state index is 0.0808. The molecule has 0 amide bonds. The Bertz CT molecular complexity index is 1000. The molecule has 31 heavy (non-hydrogen) atoms. The van der Waals surface area contributed by atoms with E-state index in [0.717, 1.165) is 18.7 Å². The number of carbonyl (C=O) groups excluding carboxylic acids is 1. The molecule has 0 aliphatic carbocycles. The van der Waals surface area contributed by atoms with Crippen LogP contribution in [0.2, 0.25) is 0 Å². The van der Waals surface area contributed by atoms with Gasteiger partial charge in [0.2, 0.25) is 5.78 Å². The zero-order valence-electron chi connectivity index (χ0n) is 19.2. The summed E-state index contributed by atoms with van der Waals surface area (Å²) in [6, 6.07) is 11.5. The van der Waals surface area contributed by atoms with E-state index in [1.807, 2.05) is 12.1 Å². The summed E-state index contributed by atoms with van der Waals surface area (Å²) >= 11 is 0. The monoisotopic (exact) mass is 419 g/mol. The Balaban J connectivity index is 1.60. The number of likely N-dealkylation sites (tertiary alicyclic amines) is 1. The number of hydrogen-bond acceptors (Lipinski definition) is 4. The molecule has 0 aromatic heterocycles. The highest BCUT2D eigenvalue weighted by molar-refractivity contribution is 6.15. The summed E-state index contributed by atoms with van der Waals surface area (Å²) in [5.41, 5.74) is 3.49. The van der Waals surface area contributed by atoms with Crippen LogP contribution in [0, 0.1) is 11.8 Å². The summed E-state index contributed by atoms with van der Waals surface area (Å²) in [4.78, 5) is 15.4. The van der Waals surface area contributed by atoms with Gasteiger partial charge in [0.15, 0.2) is 5.76 Å². The number of Topliss-reactive ketones (excluding diaryl/α,β-unsaturated/α-hetero) is 1. The number of benzene rings is 2. The second-order valence-corrected chi connectivity index (χ2v) is 10.4. The van der Waals surface area contributed by atoms with Crippen molar-refractivity contribution in [1.82, 2.24) is 4.90 Å². The summed E-state index contributed by atoms with van der Waals surface area (Å²) in [5, 5.41) is 10.6. The second kappa shape index (κ2) is 8.16. The lowest BCUT2D eigenvalue weighted by Crippen LogP contribution is -2.38. The number of rotatable bonds is 3. The number of ether oxygens (including phenoxy) is 1. The SMILES string of the molecule is CC1CC(C)CN(Cc2c(O)ccc3c2O/C(=C/c2ccc(C(C)(C)C)cc2)C3=O)C1. The lowest BCUT2D eigenvalue weighted by Gasteiger charge is -2.35. The fourth-order valence-corrected chi connectivity index (χ4v) is 4.83. The zero-order valence-corrected chi connectivity index (χ0v) is 19.2. The first-order chi connectivity index (χ1) is 14.6. The van der Waals surface area contributed by atoms with Crippen molar-refractivity contribution in [3.05, 3.63) is 64.4 Å². The first-order valence-electron chi connectivity index (χ1n) is 11.2. The second-order valence-electron chi connectivity index (χ2n) is 10.4. The highest BCUT2D eigenvalue weighted by atomic mass is 16.5. The maximum Gasteiger partial charge on any atom is 0.231 e. The van der Waals surface area contributed by atoms with Gasteiger partial charge in [-0.3, -0.25) is 9.69 Å². The molecule has 4 rings (SSSR count). The van der Waals surface area contributed by atoms with Crippen molar-refractivity contribution in [3.8, 4) is 11.5 Å². The van der Waals surface area contributed by atoms with E-state index in [-0.39, 0.29) is 16.9 Å². The molecule has 2 heterocycles. The molecule has 2 aromatic carbocycles. The van der Waals surface area contributed by atoms with Gasteiger partial charge in [-0.05, 0) is 53.0 Å². The van der Waals surface area contributed by atoms with Crippen molar-refractivity contribution in [2.45, 2.75) is 53.0 Å². The molecule has 1 fully saturated rings. The third-order valence-corrected chi connectivity index (χ3v) is 6.32. The van der Waals surface area contributed by atoms with E-state index < -0.39 is 0 Å². The fraction of sp³-hybridized carbons (Fsp3) is 0.444. The minimum Gasteiger partial charge on any atom is -0.507 e. The van der Waals surface area contributed by atoms with Crippen molar-refractivity contribution >= 4 is 11.9 Å². The molecule has 2 aliphatic heterocycles. The first-order valence-corrected chi connectivity index (χ1v) is 11.2. The van der Waals surface area contributed by atoms with Crippen molar-refractivity contribution in [1.29, 1.82) is 0 Å². The van der Waals surface area contributed by atoms with Gasteiger partial charge < -0.3 is 9.84 Å². The van der Waals surface area contributed by atoms with Crippen LogP contribution in [0.5, 0.6) is 11.5 Å². The van der Waals surface area contributed by atoms with E-state index in [1.165, 1.54) is 12.0 Å². The number of hydrogen-bond donors (Lipinski definition) is 1. The number of piperidine rings is 1. The van der Waals surface area contributed by atoms with Crippen molar-refractivity contribution in [2.24, 2.45) is 11.8 Å². The summed E-state index contributed by atoms with van der Waals surface area (Å²) in [6.45, 7) is 13.6. The zero-order chi connectivity index (χ0) is 22.3. The molecule has 0 bridgehead atoms. The molecular weight excluding hydrogens is 386 g/mol. The van der Waals surface area contributed by atoms with Gasteiger partial charge in [-0.1, -0.05) is 58.9 Å². The molecule has 1 saturated heterocycles. The molecule has 164 valence electrons. The van der Waals surface area contributed by atoms with Gasteiger partial charge in [-0.15, -0.1) is 0 Å². The van der Waals surface area contributed by atoms with Crippen molar-refractivity contribution in [3.63, 3.8) is 0 Å². The Kier molecular flexibility index (Phi) is 5.69. The number of aromatic hydroxyl groups is 1. The average Bonchev–Trinajstić information content (AvgIpc) is 2.99. The summed E-state index contributed by atoms with van der Waals surface area (Å²) < 4.78 is 6.05. The first kappa shape index (κ1) is 21.6. The van der Waals surface area contributed by atoms with Crippen molar-refractivity contribution in [2.75, 3.05) is 13.1 Å². The molecule has 0 radical (unpaired) electrons. The maximum atomic E-state index is 13.0. The summed E-state index contributed by atoms with van der Waals surface area (Å²) in [5.74, 6) is 2.12. The summed E-state index contributed by atoms with van der Waals surface area (Å²) in [7, 11) is 0. The Labute approximate surface area is 185 Å². The maximum absolute atomic E-state index is 13.0. The molecule has 1 N–H and O–H groups in total. The number of nitrogens with zero attached hydrogens (tertiary/aromatic N) is 1. The van der Waals surface area contributed by atoms with Gasteiger partial charge in [0.1, 0.15) is 11.5 Å². The van der Waals surface area contributed by atoms with Crippen LogP contribution in [0.1, 0.15) is 68.1 Å². The van der Waals surface area contributed by atoms with Crippen LogP contribution in [0.3, 0.4) is 0 Å². The van der Waals surface area contributed by atoms with Crippen LogP contribution in [0.4, 0.5) is 0 Å². The van der Waals surface area contributed by atoms with Gasteiger partial charge in [-0.25, -0.2) is 0 Å². The number of phenols is 1. The highest BCUT2D eigenvalue weighted by Gasteiger charge is 2.32. The molecule has 2 unspecified atom stereocenters. The predicted molar refractivity (Wildman–Crippen MR) is 124 cm³/mol. The number of allylic oxidation sites excluding steroid dienone is 1. The molecule has 0 spiro atoms. The van der Waals surface area contributed by atoms with Gasteiger partial charge in [0.05, 0.1) is 11.1 Å². The minimum atomic E-state index is -0.128. The van der Waals surface area contributed by atoms with Gasteiger partial charge in [0.25, 0.3) is 0 Å². The van der Waals surface area contributed by atoms with Crippen LogP contribution >= 0.6 is 0 Å². The lowest BCUT2D eigenvalue weighted by molar-refractivity contribution is 0.101. The number of phenolic OH excluding ortho intramolecular Hbond substituents is 1. The Morgan fingerprint density at radius 2 is 1.71 bits per heavy atom. The standard InChI is InChI=1S/C27H33NO3/c1-17-12-18(2)15-28(14-17)16-22-23(29)11-10-21-25(30)24(31-26(21)22)13-19-6-8-20(9-7-19)27(3,4)5/h6-11,13,17-18,29H,12,14-16H2,1-5H3/b24-13+. The van der Waals surface area contributed by atoms with Gasteiger partial charge in [0, 0.05) is 19.6 Å². The van der Waals surface area contributed by atoms with Crippen LogP contribution in [-0.2, 0) is 12.0 Å². The molecule has 2 aliphatic rings. The van der Waals surface area contributed by atoms with E-state index >= 15 is 0 Å². The van der Waals surface area contributed by atoms with E-state index in [1.54, 1.807) is 18.2 Å². The molecule has 0 saturated carbocycles. The molecule has 2 aromatic rings. The predicted octanol–water partition coefficient (Wildman–Crippen LogP) is 5.78. The molecular formula is C27H33NO3. The number of ketones is 1. The average molecular weight is 420 g/mol. The van der Waals surface area contributed by atoms with Crippen LogP contribution in [0.15, 0.2) is 42.2 Å². The smallest absolute Gasteiger partial charge is 0.231 e. The lowest BCUT2D eigenvalue weighted by atomic mass is 9.86. The molecule has 2 atom stereocenters. The molecule has 4 heteroatoms. The Morgan fingerprint density at radius 3 is 2.32 bits per heavy atom. The van der Waals surface area contributed by atoms with Crippen molar-refractivity contribution < 1.29 is 14.6 Å². The quantitative estimate of drug-likeness (QED) is 0.640. The van der Waals surface area contributed by atoms with Crippen LogP contribution in [-0.4, -0.2) is 28.9 Å². The number of carbonyl (C=O) groups is 1. The summed E-state index contributed by atoms with van der Waals surface area (Å²) in [6.07, 6.45) is 3.02. The van der Waals surface area contributed by atoms with Gasteiger partial charge >= 0.3 is 0 Å². The van der Waals surface area contributed by atoms with Crippen LogP contribution < -0.4 is 4.74 Å². The number of fused-ring (bicyclic) bond motifs is 1. The fourth-order valence-electron chi connectivity index (χ4n) is 4.83. The third-order valence-electron chi connectivity index (χ3n) is 6.32. The Morgan fingerprint density at radius 1 is 1.06 bits per heavy atom. The Hall–Kier alpha value is -2.59. The largest absolute Gasteiger partial charge is 0.507 e. The van der Waals surface area contributed by atoms with Crippen LogP contribution in [0.25, 0.3) is 6.08 Å². The topological polar surface area (TPSA) is 49.8 Å². The van der Waals surface area contributed by atoms with E-state index in [9.17, 15) is 9.90 Å². The van der Waals surface area contributed by atoms with Gasteiger partial charge in [-0.2, -0.15) is 0 Å². The molecule has 4 nitrogen and oxygen atoms in total. The third kappa shape index (κ3) is 4.54. The highest BCUT2D eigenvalue weighted by Crippen LogP contribution is 2.40. The van der Waals surface area contributed by atoms with E-state index in [2.05, 4.69) is 51.7 Å².